The van der Waals surface area contributed by atoms with Gasteiger partial charge in [-0.3, -0.25) is 0 Å². The number of carboxylic acid groups (broad SMARTS) is 1. The number of benzene rings is 2. The zero-order valence-electron chi connectivity index (χ0n) is 12.9. The SMILES string of the molecule is O=C(O)c1ccc([C@@H]2Nc3ccc(Cl)cc3[C@@H]3CCC[C@@H]32)cc1F. The highest BCUT2D eigenvalue weighted by molar-refractivity contribution is 6.30. The topological polar surface area (TPSA) is 49.3 Å². The van der Waals surface area contributed by atoms with E-state index in [-0.39, 0.29) is 11.6 Å². The van der Waals surface area contributed by atoms with Crippen molar-refractivity contribution in [1.29, 1.82) is 0 Å². The minimum absolute atomic E-state index is 0.0106. The molecule has 0 amide bonds. The molecule has 2 aromatic carbocycles. The van der Waals surface area contributed by atoms with Gasteiger partial charge in [0.05, 0.1) is 11.6 Å². The second kappa shape index (κ2) is 5.78. The number of halogens is 2. The van der Waals surface area contributed by atoms with Crippen LogP contribution in [0.3, 0.4) is 0 Å². The smallest absolute Gasteiger partial charge is 0.338 e. The third kappa shape index (κ3) is 2.46. The highest BCUT2D eigenvalue weighted by atomic mass is 35.5. The van der Waals surface area contributed by atoms with Crippen molar-refractivity contribution in [2.75, 3.05) is 5.32 Å². The van der Waals surface area contributed by atoms with Crippen molar-refractivity contribution < 1.29 is 14.3 Å². The molecule has 2 aromatic rings. The van der Waals surface area contributed by atoms with Gasteiger partial charge in [-0.2, -0.15) is 0 Å². The van der Waals surface area contributed by atoms with E-state index >= 15 is 0 Å². The maximum atomic E-state index is 14.1. The van der Waals surface area contributed by atoms with Gasteiger partial charge in [0.1, 0.15) is 5.82 Å². The van der Waals surface area contributed by atoms with Gasteiger partial charge in [0.25, 0.3) is 0 Å². The summed E-state index contributed by atoms with van der Waals surface area (Å²) in [5, 5.41) is 13.3. The zero-order chi connectivity index (χ0) is 16.8. The molecule has 0 spiro atoms. The number of fused-ring (bicyclic) bond motifs is 3. The van der Waals surface area contributed by atoms with Crippen LogP contribution in [0.1, 0.15) is 52.7 Å². The van der Waals surface area contributed by atoms with Crippen molar-refractivity contribution in [3.8, 4) is 0 Å². The summed E-state index contributed by atoms with van der Waals surface area (Å²) >= 11 is 6.16. The number of carbonyl (C=O) groups is 1. The molecule has 1 heterocycles. The summed E-state index contributed by atoms with van der Waals surface area (Å²) in [7, 11) is 0. The molecule has 5 heteroatoms. The Kier molecular flexibility index (Phi) is 3.72. The largest absolute Gasteiger partial charge is 0.478 e. The Morgan fingerprint density at radius 2 is 2.04 bits per heavy atom. The lowest BCUT2D eigenvalue weighted by molar-refractivity contribution is 0.0692. The highest BCUT2D eigenvalue weighted by Gasteiger charge is 2.40. The molecule has 2 N–H and O–H groups in total. The first-order valence-electron chi connectivity index (χ1n) is 8.13. The predicted molar refractivity (Wildman–Crippen MR) is 91.3 cm³/mol. The fourth-order valence-electron chi connectivity index (χ4n) is 4.25. The maximum Gasteiger partial charge on any atom is 0.338 e. The Morgan fingerprint density at radius 1 is 1.21 bits per heavy atom. The summed E-state index contributed by atoms with van der Waals surface area (Å²) in [4.78, 5) is 11.0. The monoisotopic (exact) mass is 345 g/mol. The van der Waals surface area contributed by atoms with Crippen molar-refractivity contribution in [3.05, 3.63) is 63.9 Å². The van der Waals surface area contributed by atoms with E-state index in [2.05, 4.69) is 5.32 Å². The summed E-state index contributed by atoms with van der Waals surface area (Å²) in [6.07, 6.45) is 3.30. The van der Waals surface area contributed by atoms with Crippen LogP contribution >= 0.6 is 11.6 Å². The second-order valence-electron chi connectivity index (χ2n) is 6.60. The molecular formula is C19H17ClFNO2. The van der Waals surface area contributed by atoms with Crippen LogP contribution in [0.15, 0.2) is 36.4 Å². The lowest BCUT2D eigenvalue weighted by atomic mass is 9.77. The van der Waals surface area contributed by atoms with Crippen LogP contribution < -0.4 is 5.32 Å². The number of hydrogen-bond acceptors (Lipinski definition) is 2. The first-order chi connectivity index (χ1) is 11.5. The molecule has 0 bridgehead atoms. The van der Waals surface area contributed by atoms with Gasteiger partial charge in [0, 0.05) is 10.7 Å². The molecule has 1 fully saturated rings. The standard InChI is InChI=1S/C19H17ClFNO2/c20-11-5-7-17-15(9-11)12-2-1-3-13(12)18(22-17)10-4-6-14(19(23)24)16(21)8-10/h4-9,12-13,18,22H,1-3H2,(H,23,24)/t12-,13+,18+/m1/s1. The molecule has 0 aromatic heterocycles. The number of rotatable bonds is 2. The summed E-state index contributed by atoms with van der Waals surface area (Å²) in [6, 6.07) is 10.3. The third-order valence-corrected chi connectivity index (χ3v) is 5.54. The van der Waals surface area contributed by atoms with Gasteiger partial charge in [-0.25, -0.2) is 9.18 Å². The molecule has 124 valence electrons. The van der Waals surface area contributed by atoms with Crippen LogP contribution in [0.5, 0.6) is 0 Å². The molecule has 24 heavy (non-hydrogen) atoms. The fourth-order valence-corrected chi connectivity index (χ4v) is 4.43. The van der Waals surface area contributed by atoms with Gasteiger partial charge < -0.3 is 10.4 Å². The van der Waals surface area contributed by atoms with E-state index in [1.54, 1.807) is 6.07 Å². The van der Waals surface area contributed by atoms with E-state index in [9.17, 15) is 9.18 Å². The number of anilines is 1. The Bertz CT molecular complexity index is 823. The quantitative estimate of drug-likeness (QED) is 0.783. The number of nitrogens with one attached hydrogen (secondary N) is 1. The lowest BCUT2D eigenvalue weighted by Crippen LogP contribution is -2.29. The van der Waals surface area contributed by atoms with Crippen LogP contribution in [0, 0.1) is 11.7 Å². The maximum absolute atomic E-state index is 14.1. The van der Waals surface area contributed by atoms with Crippen LogP contribution in [0.4, 0.5) is 10.1 Å². The molecule has 1 aliphatic carbocycles. The normalized spacial score (nSPS) is 24.8. The molecule has 1 saturated carbocycles. The van der Waals surface area contributed by atoms with Gasteiger partial charge in [-0.15, -0.1) is 0 Å². The minimum atomic E-state index is -1.24. The molecule has 0 unspecified atom stereocenters. The van der Waals surface area contributed by atoms with Crippen molar-refractivity contribution in [2.24, 2.45) is 5.92 Å². The summed E-state index contributed by atoms with van der Waals surface area (Å²) in [5.41, 5.74) is 2.79. The number of aromatic carboxylic acids is 1. The Balaban J connectivity index is 1.75. The Labute approximate surface area is 144 Å². The number of hydrogen-bond donors (Lipinski definition) is 2. The summed E-state index contributed by atoms with van der Waals surface area (Å²) in [5.74, 6) is -1.15. The van der Waals surface area contributed by atoms with Gasteiger partial charge in [-0.1, -0.05) is 24.1 Å². The fraction of sp³-hybridized carbons (Fsp3) is 0.316. The summed E-state index contributed by atoms with van der Waals surface area (Å²) < 4.78 is 14.1. The molecule has 2 aliphatic rings. The predicted octanol–water partition coefficient (Wildman–Crippen LogP) is 5.23. The molecular weight excluding hydrogens is 329 g/mol. The van der Waals surface area contributed by atoms with E-state index in [0.29, 0.717) is 11.8 Å². The average Bonchev–Trinajstić information content (AvgIpc) is 3.03. The van der Waals surface area contributed by atoms with Gasteiger partial charge in [0.2, 0.25) is 0 Å². The van der Waals surface area contributed by atoms with E-state index in [1.807, 2.05) is 18.2 Å². The van der Waals surface area contributed by atoms with Crippen molar-refractivity contribution in [2.45, 2.75) is 31.2 Å². The van der Waals surface area contributed by atoms with E-state index in [4.69, 9.17) is 16.7 Å². The van der Waals surface area contributed by atoms with Crippen LogP contribution in [0.25, 0.3) is 0 Å². The molecule has 4 rings (SSSR count). The first-order valence-corrected chi connectivity index (χ1v) is 8.51. The van der Waals surface area contributed by atoms with Gasteiger partial charge >= 0.3 is 5.97 Å². The molecule has 0 saturated heterocycles. The minimum Gasteiger partial charge on any atom is -0.478 e. The van der Waals surface area contributed by atoms with Crippen molar-refractivity contribution >= 4 is 23.3 Å². The zero-order valence-corrected chi connectivity index (χ0v) is 13.7. The molecule has 3 atom stereocenters. The second-order valence-corrected chi connectivity index (χ2v) is 7.04. The first kappa shape index (κ1) is 15.5. The lowest BCUT2D eigenvalue weighted by Gasteiger charge is -2.37. The van der Waals surface area contributed by atoms with E-state index in [1.165, 1.54) is 17.7 Å². The van der Waals surface area contributed by atoms with E-state index in [0.717, 1.165) is 35.5 Å². The van der Waals surface area contributed by atoms with Gasteiger partial charge in [0.15, 0.2) is 0 Å². The molecule has 1 aliphatic heterocycles. The number of carboxylic acids is 1. The van der Waals surface area contributed by atoms with Gasteiger partial charge in [-0.05, 0) is 66.1 Å². The molecule has 0 radical (unpaired) electrons. The average molecular weight is 346 g/mol. The highest BCUT2D eigenvalue weighted by Crippen LogP contribution is 2.53. The van der Waals surface area contributed by atoms with Crippen LogP contribution in [-0.4, -0.2) is 11.1 Å². The van der Waals surface area contributed by atoms with Crippen LogP contribution in [-0.2, 0) is 0 Å². The van der Waals surface area contributed by atoms with Crippen molar-refractivity contribution in [1.82, 2.24) is 0 Å². The molecule has 3 nitrogen and oxygen atoms in total. The summed E-state index contributed by atoms with van der Waals surface area (Å²) in [6.45, 7) is 0. The Morgan fingerprint density at radius 3 is 2.79 bits per heavy atom. The van der Waals surface area contributed by atoms with E-state index < -0.39 is 11.8 Å². The van der Waals surface area contributed by atoms with Crippen molar-refractivity contribution in [3.63, 3.8) is 0 Å². The van der Waals surface area contributed by atoms with Crippen LogP contribution in [0.2, 0.25) is 5.02 Å². The third-order valence-electron chi connectivity index (χ3n) is 5.30. The Hall–Kier alpha value is -2.07.